The van der Waals surface area contributed by atoms with Gasteiger partial charge in [-0.3, -0.25) is 0 Å². The molecule has 0 radical (unpaired) electrons. The van der Waals surface area contributed by atoms with Gasteiger partial charge in [0, 0.05) is 17.7 Å². The van der Waals surface area contributed by atoms with Crippen molar-refractivity contribution < 1.29 is 4.74 Å². The summed E-state index contributed by atoms with van der Waals surface area (Å²) in [5.74, 6) is 2.35. The van der Waals surface area contributed by atoms with E-state index in [-0.39, 0.29) is 0 Å². The molecule has 0 aliphatic carbocycles. The van der Waals surface area contributed by atoms with Crippen LogP contribution >= 0.6 is 11.6 Å². The summed E-state index contributed by atoms with van der Waals surface area (Å²) in [6.07, 6.45) is 1.75. The van der Waals surface area contributed by atoms with Gasteiger partial charge in [-0.05, 0) is 37.6 Å². The van der Waals surface area contributed by atoms with Crippen molar-refractivity contribution in [3.8, 4) is 5.75 Å². The number of hydrogen-bond acceptors (Lipinski definition) is 4. The minimum atomic E-state index is 0.493. The van der Waals surface area contributed by atoms with Crippen LogP contribution < -0.4 is 10.1 Å². The Balaban J connectivity index is 2.16. The molecule has 0 aliphatic rings. The Hall–Kier alpha value is -1.81. The van der Waals surface area contributed by atoms with Crippen LogP contribution in [0.2, 0.25) is 5.15 Å². The number of benzene rings is 1. The number of rotatable bonds is 6. The predicted molar refractivity (Wildman–Crippen MR) is 86.7 cm³/mol. The normalized spacial score (nSPS) is 10.5. The fourth-order valence-corrected chi connectivity index (χ4v) is 1.99. The summed E-state index contributed by atoms with van der Waals surface area (Å²) < 4.78 is 5.57. The Labute approximate surface area is 130 Å². The highest BCUT2D eigenvalue weighted by Gasteiger charge is 2.08. The number of aromatic nitrogens is 2. The zero-order valence-electron chi connectivity index (χ0n) is 12.6. The lowest BCUT2D eigenvalue weighted by Crippen LogP contribution is -2.03. The molecule has 0 aliphatic heterocycles. The molecule has 1 aromatic heterocycles. The van der Waals surface area contributed by atoms with Gasteiger partial charge in [0.2, 0.25) is 0 Å². The van der Waals surface area contributed by atoms with Gasteiger partial charge in [0.25, 0.3) is 0 Å². The quantitative estimate of drug-likeness (QED) is 0.796. The van der Waals surface area contributed by atoms with Crippen LogP contribution in [0.4, 0.5) is 11.5 Å². The number of anilines is 2. The van der Waals surface area contributed by atoms with Gasteiger partial charge in [-0.25, -0.2) is 9.97 Å². The van der Waals surface area contributed by atoms with Crippen molar-refractivity contribution in [2.24, 2.45) is 0 Å². The molecule has 0 spiro atoms. The van der Waals surface area contributed by atoms with Crippen molar-refractivity contribution in [3.05, 3.63) is 40.8 Å². The van der Waals surface area contributed by atoms with Crippen LogP contribution in [0.25, 0.3) is 0 Å². The first kappa shape index (κ1) is 15.6. The van der Waals surface area contributed by atoms with Crippen molar-refractivity contribution in [2.75, 3.05) is 11.9 Å². The average Bonchev–Trinajstić information content (AvgIpc) is 2.50. The smallest absolute Gasteiger partial charge is 0.138 e. The van der Waals surface area contributed by atoms with E-state index in [1.165, 1.54) is 0 Å². The fraction of sp³-hybridized carbons (Fsp3) is 0.375. The van der Waals surface area contributed by atoms with E-state index in [0.29, 0.717) is 5.15 Å². The molecule has 0 saturated heterocycles. The monoisotopic (exact) mass is 305 g/mol. The molecule has 2 aromatic rings. The molecule has 0 saturated carbocycles. The third kappa shape index (κ3) is 4.08. The zero-order valence-corrected chi connectivity index (χ0v) is 13.4. The average molecular weight is 306 g/mol. The number of nitrogens with zero attached hydrogens (tertiary/aromatic N) is 2. The number of aryl methyl sites for hydroxylation is 1. The molecule has 5 heteroatoms. The number of ether oxygens (including phenoxy) is 1. The largest absolute Gasteiger partial charge is 0.494 e. The van der Waals surface area contributed by atoms with Gasteiger partial charge in [0.15, 0.2) is 0 Å². The fourth-order valence-electron chi connectivity index (χ4n) is 1.80. The third-order valence-corrected chi connectivity index (χ3v) is 3.41. The van der Waals surface area contributed by atoms with Crippen LogP contribution in [-0.4, -0.2) is 16.6 Å². The van der Waals surface area contributed by atoms with Gasteiger partial charge in [0.1, 0.15) is 22.5 Å². The van der Waals surface area contributed by atoms with Crippen molar-refractivity contribution in [1.82, 2.24) is 9.97 Å². The van der Waals surface area contributed by atoms with Crippen LogP contribution in [0.1, 0.15) is 31.7 Å². The van der Waals surface area contributed by atoms with Crippen LogP contribution in [0, 0.1) is 6.92 Å². The molecule has 0 atom stereocenters. The Morgan fingerprint density at radius 3 is 2.48 bits per heavy atom. The maximum atomic E-state index is 6.14. The highest BCUT2D eigenvalue weighted by molar-refractivity contribution is 6.30. The Bertz CT molecular complexity index is 599. The molecule has 1 heterocycles. The first-order valence-corrected chi connectivity index (χ1v) is 7.54. The predicted octanol–water partition coefficient (Wildman–Crippen LogP) is 4.53. The van der Waals surface area contributed by atoms with Gasteiger partial charge in [-0.1, -0.05) is 25.4 Å². The van der Waals surface area contributed by atoms with Gasteiger partial charge in [0.05, 0.1) is 6.61 Å². The summed E-state index contributed by atoms with van der Waals surface area (Å²) in [7, 11) is 0. The second-order valence-corrected chi connectivity index (χ2v) is 5.11. The second kappa shape index (κ2) is 7.27. The summed E-state index contributed by atoms with van der Waals surface area (Å²) >= 11 is 6.14. The van der Waals surface area contributed by atoms with Crippen molar-refractivity contribution in [1.29, 1.82) is 0 Å². The van der Waals surface area contributed by atoms with Crippen molar-refractivity contribution in [2.45, 2.75) is 33.6 Å². The van der Waals surface area contributed by atoms with E-state index in [4.69, 9.17) is 16.3 Å². The molecule has 1 aromatic carbocycles. The van der Waals surface area contributed by atoms with E-state index < -0.39 is 0 Å². The molecule has 112 valence electrons. The van der Waals surface area contributed by atoms with Gasteiger partial charge < -0.3 is 10.1 Å². The lowest BCUT2D eigenvalue weighted by molar-refractivity contribution is 0.317. The minimum absolute atomic E-state index is 0.493. The Morgan fingerprint density at radius 1 is 1.14 bits per heavy atom. The van der Waals surface area contributed by atoms with Gasteiger partial charge >= 0.3 is 0 Å². The van der Waals surface area contributed by atoms with E-state index in [1.807, 2.05) is 38.1 Å². The molecule has 4 nitrogen and oxygen atoms in total. The number of nitrogens with one attached hydrogen (secondary N) is 1. The van der Waals surface area contributed by atoms with E-state index in [1.54, 1.807) is 0 Å². The zero-order chi connectivity index (χ0) is 15.2. The SMILES string of the molecule is CCCOc1ccc(Nc2nc(CC)nc(Cl)c2C)cc1. The van der Waals surface area contributed by atoms with E-state index in [0.717, 1.165) is 48.1 Å². The molecular formula is C16H20ClN3O. The highest BCUT2D eigenvalue weighted by atomic mass is 35.5. The van der Waals surface area contributed by atoms with Crippen LogP contribution in [0.15, 0.2) is 24.3 Å². The molecule has 1 N–H and O–H groups in total. The summed E-state index contributed by atoms with van der Waals surface area (Å²) in [6.45, 7) is 6.73. The van der Waals surface area contributed by atoms with Crippen molar-refractivity contribution >= 4 is 23.1 Å². The Kier molecular flexibility index (Phi) is 5.39. The summed E-state index contributed by atoms with van der Waals surface area (Å²) in [5.41, 5.74) is 1.79. The lowest BCUT2D eigenvalue weighted by Gasteiger charge is -2.11. The molecular weight excluding hydrogens is 286 g/mol. The first-order chi connectivity index (χ1) is 10.1. The number of hydrogen-bond donors (Lipinski definition) is 1. The highest BCUT2D eigenvalue weighted by Crippen LogP contribution is 2.24. The van der Waals surface area contributed by atoms with Gasteiger partial charge in [-0.15, -0.1) is 0 Å². The van der Waals surface area contributed by atoms with Crippen LogP contribution in [0.5, 0.6) is 5.75 Å². The maximum Gasteiger partial charge on any atom is 0.138 e. The molecule has 0 unspecified atom stereocenters. The summed E-state index contributed by atoms with van der Waals surface area (Å²) in [5, 5.41) is 3.77. The number of halogens is 1. The summed E-state index contributed by atoms with van der Waals surface area (Å²) in [4.78, 5) is 8.72. The lowest BCUT2D eigenvalue weighted by atomic mass is 10.2. The Morgan fingerprint density at radius 2 is 1.86 bits per heavy atom. The van der Waals surface area contributed by atoms with Crippen LogP contribution in [-0.2, 0) is 6.42 Å². The molecule has 0 amide bonds. The van der Waals surface area contributed by atoms with Gasteiger partial charge in [-0.2, -0.15) is 0 Å². The molecule has 0 fully saturated rings. The molecule has 0 bridgehead atoms. The summed E-state index contributed by atoms with van der Waals surface area (Å²) in [6, 6.07) is 7.81. The maximum absolute atomic E-state index is 6.14. The van der Waals surface area contributed by atoms with Crippen LogP contribution in [0.3, 0.4) is 0 Å². The molecule has 21 heavy (non-hydrogen) atoms. The van der Waals surface area contributed by atoms with E-state index in [2.05, 4.69) is 22.2 Å². The standard InChI is InChI=1S/C16H20ClN3O/c1-4-10-21-13-8-6-12(7-9-13)18-16-11(3)15(17)19-14(5-2)20-16/h6-9H,4-5,10H2,1-3H3,(H,18,19,20). The minimum Gasteiger partial charge on any atom is -0.494 e. The molecule has 2 rings (SSSR count). The van der Waals surface area contributed by atoms with Crippen molar-refractivity contribution in [3.63, 3.8) is 0 Å². The second-order valence-electron chi connectivity index (χ2n) is 4.76. The van der Waals surface area contributed by atoms with E-state index >= 15 is 0 Å². The van der Waals surface area contributed by atoms with E-state index in [9.17, 15) is 0 Å². The first-order valence-electron chi connectivity index (χ1n) is 7.17. The third-order valence-electron chi connectivity index (χ3n) is 3.04. The topological polar surface area (TPSA) is 47.0 Å².